The lowest BCUT2D eigenvalue weighted by molar-refractivity contribution is -0.174. The molecule has 1 rings (SSSR count). The Balaban J connectivity index is 2.45. The molecule has 116 valence electrons. The molecule has 1 aromatic rings. The van der Waals surface area contributed by atoms with Gasteiger partial charge in [-0.15, -0.1) is 0 Å². The van der Waals surface area contributed by atoms with Crippen molar-refractivity contribution in [3.8, 4) is 0 Å². The smallest absolute Gasteiger partial charge is 0.411 e. The van der Waals surface area contributed by atoms with Gasteiger partial charge in [-0.1, -0.05) is 0 Å². The zero-order chi connectivity index (χ0) is 16.0. The van der Waals surface area contributed by atoms with Crippen molar-refractivity contribution in [3.63, 3.8) is 0 Å². The van der Waals surface area contributed by atoms with E-state index in [2.05, 4.69) is 10.1 Å². The van der Waals surface area contributed by atoms with Crippen molar-refractivity contribution in [1.82, 2.24) is 0 Å². The van der Waals surface area contributed by atoms with Gasteiger partial charge in [0.25, 0.3) is 0 Å². The Morgan fingerprint density at radius 3 is 2.48 bits per heavy atom. The van der Waals surface area contributed by atoms with Crippen LogP contribution >= 0.6 is 0 Å². The first-order valence-corrected chi connectivity index (χ1v) is 5.66. The van der Waals surface area contributed by atoms with E-state index in [1.165, 1.54) is 6.07 Å². The Labute approximate surface area is 116 Å². The van der Waals surface area contributed by atoms with E-state index < -0.39 is 42.6 Å². The zero-order valence-electron chi connectivity index (χ0n) is 10.5. The molecule has 0 fully saturated rings. The van der Waals surface area contributed by atoms with Gasteiger partial charge in [0, 0.05) is 5.69 Å². The van der Waals surface area contributed by atoms with E-state index in [1.807, 2.05) is 0 Å². The van der Waals surface area contributed by atoms with Crippen LogP contribution in [-0.2, 0) is 9.53 Å². The van der Waals surface area contributed by atoms with Crippen LogP contribution in [0.25, 0.3) is 0 Å². The summed E-state index contributed by atoms with van der Waals surface area (Å²) in [5.74, 6) is -3.17. The summed E-state index contributed by atoms with van der Waals surface area (Å²) in [5, 5.41) is 10.8. The minimum Gasteiger partial charge on any atom is -0.478 e. The second kappa shape index (κ2) is 7.02. The number of ether oxygens (including phenoxy) is 1. The molecule has 0 saturated carbocycles. The molecular weight excluding hydrogens is 298 g/mol. The molecule has 0 atom stereocenters. The summed E-state index contributed by atoms with van der Waals surface area (Å²) in [6, 6.07) is 2.94. The van der Waals surface area contributed by atoms with Gasteiger partial charge in [-0.2, -0.15) is 13.2 Å². The van der Waals surface area contributed by atoms with Crippen molar-refractivity contribution in [3.05, 3.63) is 29.6 Å². The molecule has 0 aromatic heterocycles. The maximum absolute atomic E-state index is 13.3. The number of benzene rings is 1. The van der Waals surface area contributed by atoms with Crippen LogP contribution < -0.4 is 5.32 Å². The van der Waals surface area contributed by atoms with E-state index in [0.29, 0.717) is 0 Å². The molecule has 1 amide bonds. The lowest BCUT2D eigenvalue weighted by Crippen LogP contribution is -2.20. The van der Waals surface area contributed by atoms with E-state index >= 15 is 0 Å². The molecule has 0 saturated heterocycles. The predicted octanol–water partition coefficient (Wildman–Crippen LogP) is 2.43. The SMILES string of the molecule is O=C(CCOCC(F)(F)F)Nc1ccc(C(=O)O)c(F)c1. The Kier molecular flexibility index (Phi) is 5.65. The second-order valence-electron chi connectivity index (χ2n) is 3.97. The summed E-state index contributed by atoms with van der Waals surface area (Å²) in [4.78, 5) is 21.9. The largest absolute Gasteiger partial charge is 0.478 e. The minimum atomic E-state index is -4.47. The minimum absolute atomic E-state index is 0.00155. The Bertz CT molecular complexity index is 530. The number of carboxylic acid groups (broad SMARTS) is 1. The van der Waals surface area contributed by atoms with Gasteiger partial charge in [0.05, 0.1) is 18.6 Å². The van der Waals surface area contributed by atoms with Crippen LogP contribution in [-0.4, -0.2) is 36.4 Å². The molecule has 21 heavy (non-hydrogen) atoms. The molecule has 0 spiro atoms. The monoisotopic (exact) mass is 309 g/mol. The number of anilines is 1. The number of halogens is 4. The average Bonchev–Trinajstić information content (AvgIpc) is 2.33. The molecule has 0 aliphatic rings. The number of hydrogen-bond acceptors (Lipinski definition) is 3. The van der Waals surface area contributed by atoms with Crippen LogP contribution in [0.1, 0.15) is 16.8 Å². The Morgan fingerprint density at radius 1 is 1.29 bits per heavy atom. The molecule has 0 radical (unpaired) electrons. The van der Waals surface area contributed by atoms with E-state index in [9.17, 15) is 27.2 Å². The third-order valence-electron chi connectivity index (χ3n) is 2.22. The molecule has 0 aliphatic carbocycles. The molecule has 2 N–H and O–H groups in total. The van der Waals surface area contributed by atoms with Crippen LogP contribution in [0.2, 0.25) is 0 Å². The quantitative estimate of drug-likeness (QED) is 0.625. The predicted molar refractivity (Wildman–Crippen MR) is 63.5 cm³/mol. The van der Waals surface area contributed by atoms with Crippen LogP contribution in [0.15, 0.2) is 18.2 Å². The van der Waals surface area contributed by atoms with Gasteiger partial charge < -0.3 is 15.2 Å². The van der Waals surface area contributed by atoms with Gasteiger partial charge in [-0.25, -0.2) is 9.18 Å². The number of alkyl halides is 3. The highest BCUT2D eigenvalue weighted by atomic mass is 19.4. The van der Waals surface area contributed by atoms with Gasteiger partial charge in [0.1, 0.15) is 12.4 Å². The third kappa shape index (κ3) is 6.21. The number of carboxylic acids is 1. The fourth-order valence-electron chi connectivity index (χ4n) is 1.34. The first-order chi connectivity index (χ1) is 9.69. The number of aromatic carboxylic acids is 1. The van der Waals surface area contributed by atoms with Crippen molar-refractivity contribution in [2.24, 2.45) is 0 Å². The number of carbonyl (C=O) groups excluding carboxylic acids is 1. The number of hydrogen-bond donors (Lipinski definition) is 2. The number of carbonyl (C=O) groups is 2. The molecule has 5 nitrogen and oxygen atoms in total. The maximum Gasteiger partial charge on any atom is 0.411 e. The number of nitrogens with one attached hydrogen (secondary N) is 1. The summed E-state index contributed by atoms with van der Waals surface area (Å²) in [6.07, 6.45) is -4.81. The first-order valence-electron chi connectivity index (χ1n) is 5.66. The van der Waals surface area contributed by atoms with Gasteiger partial charge in [0.2, 0.25) is 5.91 Å². The van der Waals surface area contributed by atoms with Crippen LogP contribution in [0.3, 0.4) is 0 Å². The number of amides is 1. The van der Waals surface area contributed by atoms with Crippen molar-refractivity contribution in [2.75, 3.05) is 18.5 Å². The zero-order valence-corrected chi connectivity index (χ0v) is 10.5. The lowest BCUT2D eigenvalue weighted by atomic mass is 10.2. The van der Waals surface area contributed by atoms with Crippen molar-refractivity contribution < 1.29 is 37.0 Å². The molecule has 0 aliphatic heterocycles. The van der Waals surface area contributed by atoms with Gasteiger partial charge in [-0.3, -0.25) is 4.79 Å². The fourth-order valence-corrected chi connectivity index (χ4v) is 1.34. The van der Waals surface area contributed by atoms with E-state index in [0.717, 1.165) is 12.1 Å². The van der Waals surface area contributed by atoms with Crippen molar-refractivity contribution in [1.29, 1.82) is 0 Å². The highest BCUT2D eigenvalue weighted by Crippen LogP contribution is 2.16. The highest BCUT2D eigenvalue weighted by Gasteiger charge is 2.27. The summed E-state index contributed by atoms with van der Waals surface area (Å²) in [7, 11) is 0. The molecule has 0 unspecified atom stereocenters. The molecular formula is C12H11F4NO4. The fraction of sp³-hybridized carbons (Fsp3) is 0.333. The van der Waals surface area contributed by atoms with Crippen LogP contribution in [0.4, 0.5) is 23.2 Å². The summed E-state index contributed by atoms with van der Waals surface area (Å²) in [6.45, 7) is -1.90. The molecule has 0 bridgehead atoms. The Morgan fingerprint density at radius 2 is 1.95 bits per heavy atom. The van der Waals surface area contributed by atoms with Crippen molar-refractivity contribution >= 4 is 17.6 Å². The summed E-state index contributed by atoms with van der Waals surface area (Å²) >= 11 is 0. The summed E-state index contributed by atoms with van der Waals surface area (Å²) in [5.41, 5.74) is -0.556. The van der Waals surface area contributed by atoms with E-state index in [-0.39, 0.29) is 12.1 Å². The van der Waals surface area contributed by atoms with Gasteiger partial charge >= 0.3 is 12.1 Å². The molecule has 1 aromatic carbocycles. The third-order valence-corrected chi connectivity index (χ3v) is 2.22. The number of rotatable bonds is 6. The Hall–Kier alpha value is -2.16. The van der Waals surface area contributed by atoms with Gasteiger partial charge in [-0.05, 0) is 18.2 Å². The normalized spacial score (nSPS) is 11.2. The van der Waals surface area contributed by atoms with Crippen molar-refractivity contribution in [2.45, 2.75) is 12.6 Å². The highest BCUT2D eigenvalue weighted by molar-refractivity contribution is 5.92. The maximum atomic E-state index is 13.3. The molecule has 0 heterocycles. The van der Waals surface area contributed by atoms with Crippen LogP contribution in [0, 0.1) is 5.82 Å². The second-order valence-corrected chi connectivity index (χ2v) is 3.97. The summed E-state index contributed by atoms with van der Waals surface area (Å²) < 4.78 is 52.8. The van der Waals surface area contributed by atoms with E-state index in [4.69, 9.17) is 5.11 Å². The average molecular weight is 309 g/mol. The molecule has 9 heteroatoms. The standard InChI is InChI=1S/C12H11F4NO4/c13-9-5-7(1-2-8(9)11(19)20)17-10(18)3-4-21-6-12(14,15)16/h1-2,5H,3-4,6H2,(H,17,18)(H,19,20). The first kappa shape index (κ1) is 16.9. The lowest BCUT2D eigenvalue weighted by Gasteiger charge is -2.08. The van der Waals surface area contributed by atoms with Gasteiger partial charge in [0.15, 0.2) is 0 Å². The van der Waals surface area contributed by atoms with Crippen LogP contribution in [0.5, 0.6) is 0 Å². The topological polar surface area (TPSA) is 75.6 Å². The van der Waals surface area contributed by atoms with E-state index in [1.54, 1.807) is 0 Å².